The molecule has 0 saturated carbocycles. The molecule has 0 N–H and O–H groups in total. The van der Waals surface area contributed by atoms with Gasteiger partial charge in [-0.05, 0) is 96.3 Å². The Morgan fingerprint density at radius 2 is 0.619 bits per heavy atom. The van der Waals surface area contributed by atoms with Crippen LogP contribution in [0.5, 0.6) is 0 Å². The quantitative estimate of drug-likeness (QED) is 0.0262. The SMILES string of the molecule is CC/C=C\C/C=C\CCCCCCCC(=O)OCC(COC(=O)CCCCCCCCC/C=C\CCCCCCCC)OC(=O)CCCCCCC/C=C\CCCCCCCCC. The molecule has 0 aliphatic rings. The van der Waals surface area contributed by atoms with Crippen molar-refractivity contribution < 1.29 is 28.6 Å². The lowest BCUT2D eigenvalue weighted by Gasteiger charge is -2.18. The predicted molar refractivity (Wildman–Crippen MR) is 270 cm³/mol. The molecule has 6 heteroatoms. The molecule has 0 saturated heterocycles. The second-order valence-electron chi connectivity index (χ2n) is 18.1. The van der Waals surface area contributed by atoms with Gasteiger partial charge in [-0.2, -0.15) is 0 Å². The molecule has 366 valence electrons. The first-order valence-corrected chi connectivity index (χ1v) is 27.1. The Balaban J connectivity index is 4.37. The van der Waals surface area contributed by atoms with Gasteiger partial charge in [-0.1, -0.05) is 211 Å². The van der Waals surface area contributed by atoms with E-state index in [0.717, 1.165) is 96.3 Å². The number of esters is 3. The first-order chi connectivity index (χ1) is 31.0. The fourth-order valence-corrected chi connectivity index (χ4v) is 7.70. The highest BCUT2D eigenvalue weighted by Crippen LogP contribution is 2.15. The summed E-state index contributed by atoms with van der Waals surface area (Å²) >= 11 is 0. The summed E-state index contributed by atoms with van der Waals surface area (Å²) in [6.45, 7) is 6.52. The Bertz CT molecular complexity index is 1110. The summed E-state index contributed by atoms with van der Waals surface area (Å²) in [5.41, 5.74) is 0. The van der Waals surface area contributed by atoms with Gasteiger partial charge in [0.1, 0.15) is 13.2 Å². The molecule has 0 aromatic carbocycles. The number of rotatable bonds is 49. The minimum Gasteiger partial charge on any atom is -0.462 e. The van der Waals surface area contributed by atoms with Crippen LogP contribution in [0.2, 0.25) is 0 Å². The molecular formula is C57H102O6. The van der Waals surface area contributed by atoms with Crippen molar-refractivity contribution in [3.63, 3.8) is 0 Å². The van der Waals surface area contributed by atoms with Crippen molar-refractivity contribution in [2.45, 2.75) is 284 Å². The summed E-state index contributed by atoms with van der Waals surface area (Å²) in [6.07, 6.45) is 62.4. The minimum atomic E-state index is -0.783. The predicted octanol–water partition coefficient (Wildman–Crippen LogP) is 17.9. The van der Waals surface area contributed by atoms with E-state index in [1.165, 1.54) is 141 Å². The molecule has 0 rings (SSSR count). The first-order valence-electron chi connectivity index (χ1n) is 27.1. The van der Waals surface area contributed by atoms with Crippen molar-refractivity contribution in [2.75, 3.05) is 13.2 Å². The van der Waals surface area contributed by atoms with E-state index in [0.29, 0.717) is 19.3 Å². The van der Waals surface area contributed by atoms with Crippen molar-refractivity contribution in [3.05, 3.63) is 48.6 Å². The van der Waals surface area contributed by atoms with Crippen LogP contribution in [-0.2, 0) is 28.6 Å². The number of hydrogen-bond donors (Lipinski definition) is 0. The van der Waals surface area contributed by atoms with Gasteiger partial charge in [-0.3, -0.25) is 14.4 Å². The van der Waals surface area contributed by atoms with Gasteiger partial charge in [0.05, 0.1) is 0 Å². The van der Waals surface area contributed by atoms with Crippen LogP contribution in [0.15, 0.2) is 48.6 Å². The number of ether oxygens (including phenoxy) is 3. The summed E-state index contributed by atoms with van der Waals surface area (Å²) in [7, 11) is 0. The van der Waals surface area contributed by atoms with Crippen molar-refractivity contribution >= 4 is 17.9 Å². The smallest absolute Gasteiger partial charge is 0.306 e. The summed E-state index contributed by atoms with van der Waals surface area (Å²) < 4.78 is 16.8. The maximum absolute atomic E-state index is 12.8. The molecule has 0 bridgehead atoms. The van der Waals surface area contributed by atoms with Crippen molar-refractivity contribution in [1.82, 2.24) is 0 Å². The van der Waals surface area contributed by atoms with E-state index >= 15 is 0 Å². The average molecular weight is 883 g/mol. The minimum absolute atomic E-state index is 0.0823. The average Bonchev–Trinajstić information content (AvgIpc) is 3.28. The van der Waals surface area contributed by atoms with E-state index in [-0.39, 0.29) is 31.1 Å². The third-order valence-corrected chi connectivity index (χ3v) is 11.8. The lowest BCUT2D eigenvalue weighted by molar-refractivity contribution is -0.167. The second-order valence-corrected chi connectivity index (χ2v) is 18.1. The Morgan fingerprint density at radius 1 is 0.333 bits per heavy atom. The number of hydrogen-bond acceptors (Lipinski definition) is 6. The van der Waals surface area contributed by atoms with Crippen LogP contribution in [-0.4, -0.2) is 37.2 Å². The Hall–Kier alpha value is -2.63. The highest BCUT2D eigenvalue weighted by atomic mass is 16.6. The summed E-state index contributed by atoms with van der Waals surface area (Å²) in [6, 6.07) is 0. The third kappa shape index (κ3) is 50.2. The zero-order valence-corrected chi connectivity index (χ0v) is 41.8. The molecule has 63 heavy (non-hydrogen) atoms. The first kappa shape index (κ1) is 60.4. The van der Waals surface area contributed by atoms with Crippen LogP contribution in [0.3, 0.4) is 0 Å². The molecule has 0 aliphatic heterocycles. The molecule has 1 unspecified atom stereocenters. The van der Waals surface area contributed by atoms with E-state index in [9.17, 15) is 14.4 Å². The maximum atomic E-state index is 12.8. The highest BCUT2D eigenvalue weighted by Gasteiger charge is 2.19. The zero-order chi connectivity index (χ0) is 45.8. The number of unbranched alkanes of at least 4 members (excludes halogenated alkanes) is 30. The molecule has 1 atom stereocenters. The lowest BCUT2D eigenvalue weighted by atomic mass is 10.1. The molecule has 0 fully saturated rings. The van der Waals surface area contributed by atoms with Crippen LogP contribution in [0.1, 0.15) is 278 Å². The molecule has 0 aliphatic carbocycles. The highest BCUT2D eigenvalue weighted by molar-refractivity contribution is 5.71. The molecule has 0 spiro atoms. The summed E-state index contributed by atoms with van der Waals surface area (Å²) in [5, 5.41) is 0. The molecule has 0 aromatic rings. The van der Waals surface area contributed by atoms with E-state index in [4.69, 9.17) is 14.2 Å². The maximum Gasteiger partial charge on any atom is 0.306 e. The van der Waals surface area contributed by atoms with Gasteiger partial charge in [0, 0.05) is 19.3 Å². The molecule has 0 heterocycles. The topological polar surface area (TPSA) is 78.9 Å². The van der Waals surface area contributed by atoms with Crippen LogP contribution in [0, 0.1) is 0 Å². The summed E-state index contributed by atoms with van der Waals surface area (Å²) in [4.78, 5) is 38.0. The lowest BCUT2D eigenvalue weighted by Crippen LogP contribution is -2.30. The van der Waals surface area contributed by atoms with Gasteiger partial charge in [-0.15, -0.1) is 0 Å². The largest absolute Gasteiger partial charge is 0.462 e. The third-order valence-electron chi connectivity index (χ3n) is 11.8. The van der Waals surface area contributed by atoms with Gasteiger partial charge in [0.25, 0.3) is 0 Å². The van der Waals surface area contributed by atoms with E-state index in [1.54, 1.807) is 0 Å². The molecule has 0 aromatic heterocycles. The Kier molecular flexibility index (Phi) is 49.8. The molecule has 6 nitrogen and oxygen atoms in total. The van der Waals surface area contributed by atoms with Crippen LogP contribution in [0.25, 0.3) is 0 Å². The molecular weight excluding hydrogens is 781 g/mol. The fourth-order valence-electron chi connectivity index (χ4n) is 7.70. The second kappa shape index (κ2) is 52.0. The normalized spacial score (nSPS) is 12.4. The fraction of sp³-hybridized carbons (Fsp3) is 0.807. The van der Waals surface area contributed by atoms with Crippen molar-refractivity contribution in [2.24, 2.45) is 0 Å². The van der Waals surface area contributed by atoms with E-state index < -0.39 is 6.10 Å². The monoisotopic (exact) mass is 883 g/mol. The summed E-state index contributed by atoms with van der Waals surface area (Å²) in [5.74, 6) is -0.901. The van der Waals surface area contributed by atoms with E-state index in [2.05, 4.69) is 69.4 Å². The number of carbonyl (C=O) groups is 3. The zero-order valence-electron chi connectivity index (χ0n) is 41.8. The van der Waals surface area contributed by atoms with Crippen LogP contribution in [0.4, 0.5) is 0 Å². The van der Waals surface area contributed by atoms with Gasteiger partial charge in [0.15, 0.2) is 6.10 Å². The van der Waals surface area contributed by atoms with Crippen molar-refractivity contribution in [3.8, 4) is 0 Å². The van der Waals surface area contributed by atoms with Gasteiger partial charge < -0.3 is 14.2 Å². The standard InChI is InChI=1S/C57H102O6/c1-4-7-10-13-16-19-22-25-27-29-31-32-35-38-41-44-47-50-56(59)62-53-54(52-61-55(58)49-46-43-40-37-34-24-21-18-15-12-9-6-3)63-57(60)51-48-45-42-39-36-33-30-28-26-23-20-17-14-11-8-5-2/h9,12,18,21,25,27-28,30,54H,4-8,10-11,13-17,19-20,22-24,26,29,31-53H2,1-3H3/b12-9-,21-18-,27-25-,30-28-. The van der Waals surface area contributed by atoms with Crippen molar-refractivity contribution in [1.29, 1.82) is 0 Å². The van der Waals surface area contributed by atoms with Crippen LogP contribution < -0.4 is 0 Å². The van der Waals surface area contributed by atoms with Crippen LogP contribution >= 0.6 is 0 Å². The molecule has 0 amide bonds. The Morgan fingerprint density at radius 3 is 0.968 bits per heavy atom. The van der Waals surface area contributed by atoms with Gasteiger partial charge >= 0.3 is 17.9 Å². The number of allylic oxidation sites excluding steroid dienone is 8. The molecule has 0 radical (unpaired) electrons. The van der Waals surface area contributed by atoms with E-state index in [1.807, 2.05) is 0 Å². The Labute approximate surface area is 390 Å². The van der Waals surface area contributed by atoms with Gasteiger partial charge in [-0.25, -0.2) is 0 Å². The number of carbonyl (C=O) groups excluding carboxylic acids is 3. The van der Waals surface area contributed by atoms with Gasteiger partial charge in [0.2, 0.25) is 0 Å².